The molecule has 0 saturated carbocycles. The molecule has 1 fully saturated rings. The predicted octanol–water partition coefficient (Wildman–Crippen LogP) is 4.04. The fourth-order valence-electron chi connectivity index (χ4n) is 3.76. The lowest BCUT2D eigenvalue weighted by Gasteiger charge is -2.32. The number of ether oxygens (including phenoxy) is 1. The van der Waals surface area contributed by atoms with Crippen molar-refractivity contribution < 1.29 is 18.3 Å². The number of benzene rings is 1. The number of carbonyl (C=O) groups is 1. The van der Waals surface area contributed by atoms with E-state index in [2.05, 4.69) is 10.2 Å². The zero-order valence-corrected chi connectivity index (χ0v) is 16.7. The van der Waals surface area contributed by atoms with Gasteiger partial charge in [-0.2, -0.15) is 0 Å². The first-order valence-corrected chi connectivity index (χ1v) is 9.90. The number of rotatable bonds is 8. The minimum atomic E-state index is -0.199. The summed E-state index contributed by atoms with van der Waals surface area (Å²) in [4.78, 5) is 14.4. The summed E-state index contributed by atoms with van der Waals surface area (Å²) < 4.78 is 24.8. The third kappa shape index (κ3) is 5.83. The monoisotopic (exact) mass is 388 g/mol. The molecule has 1 aliphatic heterocycles. The van der Waals surface area contributed by atoms with Crippen LogP contribution in [0.25, 0.3) is 0 Å². The number of methoxy groups -OCH3 is 1. The smallest absolute Gasteiger partial charge is 0.220 e. The molecule has 1 aromatic heterocycles. The Balaban J connectivity index is 1.44. The second-order valence-electron chi connectivity index (χ2n) is 7.53. The van der Waals surface area contributed by atoms with E-state index in [1.54, 1.807) is 19.2 Å². The van der Waals surface area contributed by atoms with E-state index in [1.165, 1.54) is 6.07 Å². The molecule has 0 spiro atoms. The highest BCUT2D eigenvalue weighted by Gasteiger charge is 2.21. The number of piperidine rings is 1. The van der Waals surface area contributed by atoms with Gasteiger partial charge in [0.05, 0.1) is 13.7 Å². The van der Waals surface area contributed by atoms with Crippen molar-refractivity contribution in [1.29, 1.82) is 0 Å². The van der Waals surface area contributed by atoms with Crippen molar-refractivity contribution in [2.24, 2.45) is 5.92 Å². The summed E-state index contributed by atoms with van der Waals surface area (Å²) in [6.07, 6.45) is 3.54. The summed E-state index contributed by atoms with van der Waals surface area (Å²) in [6.45, 7) is 4.73. The molecule has 1 aliphatic rings. The predicted molar refractivity (Wildman–Crippen MR) is 105 cm³/mol. The normalized spacial score (nSPS) is 17.5. The first-order valence-electron chi connectivity index (χ1n) is 9.90. The van der Waals surface area contributed by atoms with E-state index >= 15 is 0 Å². The van der Waals surface area contributed by atoms with E-state index in [0.717, 1.165) is 43.9 Å². The Labute approximate surface area is 165 Å². The van der Waals surface area contributed by atoms with Crippen LogP contribution in [0.5, 0.6) is 5.75 Å². The van der Waals surface area contributed by atoms with Gasteiger partial charge in [-0.15, -0.1) is 0 Å². The Hall–Kier alpha value is -2.34. The lowest BCUT2D eigenvalue weighted by molar-refractivity contribution is -0.121. The van der Waals surface area contributed by atoms with Crippen LogP contribution in [0.4, 0.5) is 4.39 Å². The standard InChI is InChI=1S/C22H29FN2O3/c1-16-5-7-20(28-16)13-24-22(26)10-6-17-4-3-11-25(14-17)15-18-12-19(27-2)8-9-21(18)23/h5,7-9,12,17H,3-4,6,10-11,13-15H2,1-2H3,(H,24,26). The van der Waals surface area contributed by atoms with Gasteiger partial charge in [0.15, 0.2) is 0 Å². The number of carbonyl (C=O) groups excluding carboxylic acids is 1. The molecule has 2 heterocycles. The van der Waals surface area contributed by atoms with E-state index in [0.29, 0.717) is 36.7 Å². The molecule has 0 aliphatic carbocycles. The van der Waals surface area contributed by atoms with Gasteiger partial charge in [0.1, 0.15) is 23.1 Å². The summed E-state index contributed by atoms with van der Waals surface area (Å²) in [5.41, 5.74) is 0.659. The van der Waals surface area contributed by atoms with Crippen molar-refractivity contribution in [3.8, 4) is 5.75 Å². The Kier molecular flexibility index (Phi) is 7.09. The van der Waals surface area contributed by atoms with Gasteiger partial charge in [-0.25, -0.2) is 4.39 Å². The zero-order valence-electron chi connectivity index (χ0n) is 16.7. The largest absolute Gasteiger partial charge is 0.497 e. The molecule has 2 aromatic rings. The number of hydrogen-bond acceptors (Lipinski definition) is 4. The number of nitrogens with zero attached hydrogens (tertiary/aromatic N) is 1. The number of nitrogens with one attached hydrogen (secondary N) is 1. The number of likely N-dealkylation sites (tertiary alicyclic amines) is 1. The van der Waals surface area contributed by atoms with Gasteiger partial charge in [0.2, 0.25) is 5.91 Å². The molecule has 3 rings (SSSR count). The quantitative estimate of drug-likeness (QED) is 0.741. The van der Waals surface area contributed by atoms with Gasteiger partial charge in [-0.05, 0) is 69.0 Å². The van der Waals surface area contributed by atoms with Gasteiger partial charge in [0, 0.05) is 25.1 Å². The molecule has 1 saturated heterocycles. The molecule has 28 heavy (non-hydrogen) atoms. The second kappa shape index (κ2) is 9.73. The minimum absolute atomic E-state index is 0.0463. The van der Waals surface area contributed by atoms with Crippen molar-refractivity contribution >= 4 is 5.91 Å². The highest BCUT2D eigenvalue weighted by Crippen LogP contribution is 2.24. The van der Waals surface area contributed by atoms with Gasteiger partial charge in [0.25, 0.3) is 0 Å². The summed E-state index contributed by atoms with van der Waals surface area (Å²) in [5.74, 6) is 2.60. The molecule has 1 N–H and O–H groups in total. The molecule has 1 atom stereocenters. The molecular formula is C22H29FN2O3. The molecule has 1 amide bonds. The molecule has 1 unspecified atom stereocenters. The Bertz CT molecular complexity index is 790. The van der Waals surface area contributed by atoms with Crippen molar-refractivity contribution in [2.45, 2.75) is 45.7 Å². The first kappa shape index (κ1) is 20.4. The molecule has 6 heteroatoms. The number of halogens is 1. The summed E-state index contributed by atoms with van der Waals surface area (Å²) >= 11 is 0. The highest BCUT2D eigenvalue weighted by atomic mass is 19.1. The van der Waals surface area contributed by atoms with Crippen LogP contribution in [0.15, 0.2) is 34.7 Å². The van der Waals surface area contributed by atoms with Crippen LogP contribution in [0, 0.1) is 18.7 Å². The Morgan fingerprint density at radius 3 is 2.96 bits per heavy atom. The number of hydrogen-bond donors (Lipinski definition) is 1. The fourth-order valence-corrected chi connectivity index (χ4v) is 3.76. The van der Waals surface area contributed by atoms with Crippen LogP contribution in [0.1, 0.15) is 42.8 Å². The van der Waals surface area contributed by atoms with Crippen molar-refractivity contribution in [2.75, 3.05) is 20.2 Å². The lowest BCUT2D eigenvalue weighted by Crippen LogP contribution is -2.35. The van der Waals surface area contributed by atoms with E-state index in [9.17, 15) is 9.18 Å². The average Bonchev–Trinajstić information content (AvgIpc) is 3.12. The van der Waals surface area contributed by atoms with Gasteiger partial charge in [-0.1, -0.05) is 0 Å². The van der Waals surface area contributed by atoms with Crippen LogP contribution in [0.2, 0.25) is 0 Å². The maximum atomic E-state index is 14.1. The van der Waals surface area contributed by atoms with E-state index in [1.807, 2.05) is 19.1 Å². The Morgan fingerprint density at radius 2 is 2.21 bits per heavy atom. The number of furan rings is 1. The number of amides is 1. The third-order valence-electron chi connectivity index (χ3n) is 5.29. The first-order chi connectivity index (χ1) is 13.5. The molecule has 0 radical (unpaired) electrons. The molecule has 5 nitrogen and oxygen atoms in total. The average molecular weight is 388 g/mol. The third-order valence-corrected chi connectivity index (χ3v) is 5.29. The van der Waals surface area contributed by atoms with Crippen LogP contribution in [0.3, 0.4) is 0 Å². The van der Waals surface area contributed by atoms with E-state index in [-0.39, 0.29) is 11.7 Å². The molecule has 152 valence electrons. The van der Waals surface area contributed by atoms with E-state index < -0.39 is 0 Å². The summed E-state index contributed by atoms with van der Waals surface area (Å²) in [5, 5.41) is 2.91. The molecule has 1 aromatic carbocycles. The molecule has 0 bridgehead atoms. The van der Waals surface area contributed by atoms with Crippen LogP contribution >= 0.6 is 0 Å². The number of aryl methyl sites for hydroxylation is 1. The van der Waals surface area contributed by atoms with Crippen molar-refractivity contribution in [3.63, 3.8) is 0 Å². The van der Waals surface area contributed by atoms with Crippen LogP contribution in [-0.4, -0.2) is 31.0 Å². The summed E-state index contributed by atoms with van der Waals surface area (Å²) in [6, 6.07) is 8.64. The fraction of sp³-hybridized carbons (Fsp3) is 0.500. The highest BCUT2D eigenvalue weighted by molar-refractivity contribution is 5.75. The zero-order chi connectivity index (χ0) is 19.9. The van der Waals surface area contributed by atoms with Gasteiger partial charge >= 0.3 is 0 Å². The lowest BCUT2D eigenvalue weighted by atomic mass is 9.93. The van der Waals surface area contributed by atoms with Gasteiger partial charge < -0.3 is 14.5 Å². The van der Waals surface area contributed by atoms with Crippen LogP contribution < -0.4 is 10.1 Å². The van der Waals surface area contributed by atoms with E-state index in [4.69, 9.17) is 9.15 Å². The maximum Gasteiger partial charge on any atom is 0.220 e. The van der Waals surface area contributed by atoms with Gasteiger partial charge in [-0.3, -0.25) is 9.69 Å². The topological polar surface area (TPSA) is 54.7 Å². The van der Waals surface area contributed by atoms with Crippen molar-refractivity contribution in [1.82, 2.24) is 10.2 Å². The van der Waals surface area contributed by atoms with Crippen LogP contribution in [-0.2, 0) is 17.9 Å². The molecular weight excluding hydrogens is 359 g/mol. The van der Waals surface area contributed by atoms with Crippen molar-refractivity contribution in [3.05, 3.63) is 53.2 Å². The minimum Gasteiger partial charge on any atom is -0.497 e. The Morgan fingerprint density at radius 1 is 1.36 bits per heavy atom. The summed E-state index contributed by atoms with van der Waals surface area (Å²) in [7, 11) is 1.59. The second-order valence-corrected chi connectivity index (χ2v) is 7.53. The maximum absolute atomic E-state index is 14.1. The SMILES string of the molecule is COc1ccc(F)c(CN2CCCC(CCC(=O)NCc3ccc(C)o3)C2)c1.